The van der Waals surface area contributed by atoms with Crippen LogP contribution in [0.4, 0.5) is 0 Å². The molecule has 25 heavy (non-hydrogen) atoms. The number of hydrogen-bond donors (Lipinski definition) is 1. The molecule has 0 unspecified atom stereocenters. The average molecular weight is 330 g/mol. The maximum Gasteiger partial charge on any atom is 0.0991 e. The molecule has 4 heteroatoms. The molecule has 0 saturated carbocycles. The van der Waals surface area contributed by atoms with Crippen LogP contribution < -0.4 is 5.32 Å². The van der Waals surface area contributed by atoms with Gasteiger partial charge in [0.15, 0.2) is 0 Å². The minimum Gasteiger partial charge on any atom is -0.316 e. The van der Waals surface area contributed by atoms with Crippen LogP contribution in [-0.4, -0.2) is 22.9 Å². The largest absolute Gasteiger partial charge is 0.316 e. The summed E-state index contributed by atoms with van der Waals surface area (Å²) in [6.07, 6.45) is 11.0. The van der Waals surface area contributed by atoms with Crippen molar-refractivity contribution in [3.63, 3.8) is 0 Å². The molecule has 4 nitrogen and oxygen atoms in total. The van der Waals surface area contributed by atoms with Gasteiger partial charge in [-0.05, 0) is 43.5 Å². The molecule has 1 aromatic carbocycles. The van der Waals surface area contributed by atoms with E-state index in [1.807, 2.05) is 18.2 Å². The summed E-state index contributed by atoms with van der Waals surface area (Å²) >= 11 is 0. The summed E-state index contributed by atoms with van der Waals surface area (Å²) in [5.41, 5.74) is 6.78. The predicted molar refractivity (Wildman–Crippen MR) is 99.1 cm³/mol. The van der Waals surface area contributed by atoms with Crippen molar-refractivity contribution in [1.82, 2.24) is 15.1 Å². The molecule has 0 radical (unpaired) electrons. The lowest BCUT2D eigenvalue weighted by molar-refractivity contribution is 0.625. The second-order valence-electron chi connectivity index (χ2n) is 6.63. The molecule has 126 valence electrons. The van der Waals surface area contributed by atoms with E-state index >= 15 is 0 Å². The van der Waals surface area contributed by atoms with Crippen molar-refractivity contribution >= 4 is 0 Å². The highest BCUT2D eigenvalue weighted by Crippen LogP contribution is 2.29. The van der Waals surface area contributed by atoms with Gasteiger partial charge in [-0.1, -0.05) is 30.4 Å². The number of fused-ring (bicyclic) bond motifs is 1. The quantitative estimate of drug-likeness (QED) is 0.938. The van der Waals surface area contributed by atoms with Crippen LogP contribution in [0.1, 0.15) is 29.7 Å². The van der Waals surface area contributed by atoms with Crippen molar-refractivity contribution in [2.24, 2.45) is 0 Å². The Hall–Kier alpha value is -2.64. The molecule has 1 aliphatic heterocycles. The summed E-state index contributed by atoms with van der Waals surface area (Å²) in [4.78, 5) is 0. The zero-order valence-corrected chi connectivity index (χ0v) is 14.3. The zero-order valence-electron chi connectivity index (χ0n) is 14.3. The molecule has 1 aromatic heterocycles. The van der Waals surface area contributed by atoms with Crippen LogP contribution in [0.25, 0.3) is 11.3 Å². The van der Waals surface area contributed by atoms with Crippen LogP contribution in [0.3, 0.4) is 0 Å². The summed E-state index contributed by atoms with van der Waals surface area (Å²) in [6, 6.07) is 10.0. The minimum absolute atomic E-state index is 0.686. The molecule has 2 aliphatic rings. The molecule has 0 spiro atoms. The topological polar surface area (TPSA) is 53.6 Å². The molecule has 0 atom stereocenters. The van der Waals surface area contributed by atoms with E-state index in [0.29, 0.717) is 5.56 Å². The fraction of sp³-hybridized carbons (Fsp3) is 0.333. The Bertz CT molecular complexity index is 880. The highest BCUT2D eigenvalue weighted by atomic mass is 15.3. The monoisotopic (exact) mass is 330 g/mol. The molecule has 0 bridgehead atoms. The van der Waals surface area contributed by atoms with Gasteiger partial charge in [0.2, 0.25) is 0 Å². The van der Waals surface area contributed by atoms with E-state index < -0.39 is 0 Å². The van der Waals surface area contributed by atoms with Gasteiger partial charge >= 0.3 is 0 Å². The average Bonchev–Trinajstić information content (AvgIpc) is 2.84. The molecular formula is C21H22N4. The summed E-state index contributed by atoms with van der Waals surface area (Å²) in [6.45, 7) is 2.80. The van der Waals surface area contributed by atoms with Crippen molar-refractivity contribution in [2.45, 2.75) is 32.2 Å². The van der Waals surface area contributed by atoms with Gasteiger partial charge in [-0.3, -0.25) is 4.68 Å². The second kappa shape index (κ2) is 7.08. The maximum atomic E-state index is 9.21. The second-order valence-corrected chi connectivity index (χ2v) is 6.63. The van der Waals surface area contributed by atoms with E-state index in [-0.39, 0.29) is 0 Å². The van der Waals surface area contributed by atoms with Gasteiger partial charge < -0.3 is 5.32 Å². The Morgan fingerprint density at radius 3 is 2.96 bits per heavy atom. The highest BCUT2D eigenvalue weighted by Gasteiger charge is 2.21. The van der Waals surface area contributed by atoms with Crippen LogP contribution in [0.15, 0.2) is 48.1 Å². The third-order valence-electron chi connectivity index (χ3n) is 4.93. The standard InChI is InChI=1S/C21H22N4/c22-14-17-7-4-8-18(13-17)21-19-9-11-23-12-10-20(19)25(24-21)15-16-5-2-1-3-6-16/h2,4-8,13,23H,1,3,9-12,15H2. The normalized spacial score (nSPS) is 16.7. The van der Waals surface area contributed by atoms with Crippen LogP contribution in [0, 0.1) is 11.3 Å². The first-order chi connectivity index (χ1) is 12.3. The molecule has 2 heterocycles. The van der Waals surface area contributed by atoms with Crippen molar-refractivity contribution in [1.29, 1.82) is 5.26 Å². The Balaban J connectivity index is 1.77. The number of nitriles is 1. The van der Waals surface area contributed by atoms with Crippen molar-refractivity contribution < 1.29 is 0 Å². The van der Waals surface area contributed by atoms with Gasteiger partial charge in [0.25, 0.3) is 0 Å². The van der Waals surface area contributed by atoms with Crippen LogP contribution in [0.5, 0.6) is 0 Å². The van der Waals surface area contributed by atoms with Gasteiger partial charge in [-0.2, -0.15) is 10.4 Å². The maximum absolute atomic E-state index is 9.21. The Morgan fingerprint density at radius 2 is 2.12 bits per heavy atom. The zero-order chi connectivity index (χ0) is 17.1. The molecule has 0 fully saturated rings. The first-order valence-corrected chi connectivity index (χ1v) is 9.00. The number of aromatic nitrogens is 2. The lowest BCUT2D eigenvalue weighted by Crippen LogP contribution is -2.17. The Labute approximate surface area is 148 Å². The summed E-state index contributed by atoms with van der Waals surface area (Å²) in [5, 5.41) is 17.7. The van der Waals surface area contributed by atoms with E-state index in [1.54, 1.807) is 0 Å². The third-order valence-corrected chi connectivity index (χ3v) is 4.93. The van der Waals surface area contributed by atoms with Gasteiger partial charge in [-0.25, -0.2) is 0 Å². The predicted octanol–water partition coefficient (Wildman–Crippen LogP) is 3.39. The van der Waals surface area contributed by atoms with Crippen LogP contribution >= 0.6 is 0 Å². The lowest BCUT2D eigenvalue weighted by atomic mass is 10.0. The molecule has 0 amide bonds. The van der Waals surface area contributed by atoms with E-state index in [0.717, 1.165) is 56.6 Å². The lowest BCUT2D eigenvalue weighted by Gasteiger charge is -2.10. The summed E-state index contributed by atoms with van der Waals surface area (Å²) in [7, 11) is 0. The molecule has 2 aromatic rings. The highest BCUT2D eigenvalue weighted by molar-refractivity contribution is 5.66. The molecule has 1 aliphatic carbocycles. The third kappa shape index (κ3) is 3.29. The van der Waals surface area contributed by atoms with Crippen LogP contribution in [0.2, 0.25) is 0 Å². The van der Waals surface area contributed by atoms with Gasteiger partial charge in [0.05, 0.1) is 23.9 Å². The van der Waals surface area contributed by atoms with E-state index in [9.17, 15) is 5.26 Å². The van der Waals surface area contributed by atoms with Crippen molar-refractivity contribution in [2.75, 3.05) is 13.1 Å². The van der Waals surface area contributed by atoms with E-state index in [1.165, 1.54) is 16.8 Å². The summed E-state index contributed by atoms with van der Waals surface area (Å²) in [5.74, 6) is 0. The molecule has 1 N–H and O–H groups in total. The van der Waals surface area contributed by atoms with Gasteiger partial charge in [-0.15, -0.1) is 0 Å². The Kier molecular flexibility index (Phi) is 4.49. The minimum atomic E-state index is 0.686. The van der Waals surface area contributed by atoms with Gasteiger partial charge in [0, 0.05) is 29.8 Å². The van der Waals surface area contributed by atoms with E-state index in [4.69, 9.17) is 5.10 Å². The van der Waals surface area contributed by atoms with Crippen molar-refractivity contribution in [3.05, 3.63) is 64.9 Å². The van der Waals surface area contributed by atoms with E-state index in [2.05, 4.69) is 40.4 Å². The fourth-order valence-corrected chi connectivity index (χ4v) is 3.68. The number of allylic oxidation sites excluding steroid dienone is 4. The smallest absolute Gasteiger partial charge is 0.0991 e. The fourth-order valence-electron chi connectivity index (χ4n) is 3.68. The number of nitrogens with one attached hydrogen (secondary N) is 1. The molecular weight excluding hydrogens is 308 g/mol. The Morgan fingerprint density at radius 1 is 1.20 bits per heavy atom. The summed E-state index contributed by atoms with van der Waals surface area (Å²) < 4.78 is 2.18. The molecule has 4 rings (SSSR count). The molecule has 0 saturated heterocycles. The first kappa shape index (κ1) is 15.9. The SMILES string of the molecule is N#Cc1cccc(-c2nn(CC3=CCCC=C3)c3c2CCNCC3)c1. The van der Waals surface area contributed by atoms with Crippen molar-refractivity contribution in [3.8, 4) is 17.3 Å². The number of rotatable bonds is 3. The number of hydrogen-bond acceptors (Lipinski definition) is 3. The number of nitrogens with zero attached hydrogens (tertiary/aromatic N) is 3. The first-order valence-electron chi connectivity index (χ1n) is 9.00. The van der Waals surface area contributed by atoms with Gasteiger partial charge in [0.1, 0.15) is 0 Å². The van der Waals surface area contributed by atoms with Crippen LogP contribution in [-0.2, 0) is 19.4 Å². The number of benzene rings is 1.